The van der Waals surface area contributed by atoms with Crippen molar-refractivity contribution in [2.24, 2.45) is 0 Å². The number of para-hydroxylation sites is 2. The van der Waals surface area contributed by atoms with Gasteiger partial charge in [0, 0.05) is 11.7 Å². The average Bonchev–Trinajstić information content (AvgIpc) is 3.37. The number of rotatable bonds is 6. The van der Waals surface area contributed by atoms with Gasteiger partial charge in [-0.05, 0) is 62.2 Å². The fourth-order valence-electron chi connectivity index (χ4n) is 5.83. The van der Waals surface area contributed by atoms with Gasteiger partial charge in [0.1, 0.15) is 12.3 Å². The van der Waals surface area contributed by atoms with Gasteiger partial charge >= 0.3 is 0 Å². The SMILES string of the molecule is Cc1ccc(S(=O)(=O)NC2Nc3ccccc3N(C3CCCCCCC3)C2Nc2ccc3c(c2)NSN3)cc1. The molecule has 1 fully saturated rings. The molecule has 6 rings (SSSR count). The minimum absolute atomic E-state index is 0.259. The molecule has 2 aliphatic heterocycles. The molecular formula is C29H36N6O2S2. The van der Waals surface area contributed by atoms with Crippen molar-refractivity contribution in [3.63, 3.8) is 0 Å². The molecule has 1 saturated carbocycles. The van der Waals surface area contributed by atoms with Crippen molar-refractivity contribution in [2.75, 3.05) is 25.0 Å². The van der Waals surface area contributed by atoms with E-state index in [0.717, 1.165) is 46.8 Å². The second-order valence-corrected chi connectivity index (χ2v) is 13.0. The summed E-state index contributed by atoms with van der Waals surface area (Å²) in [5.74, 6) is 0. The summed E-state index contributed by atoms with van der Waals surface area (Å²) in [4.78, 5) is 2.70. The molecule has 39 heavy (non-hydrogen) atoms. The predicted molar refractivity (Wildman–Crippen MR) is 163 cm³/mol. The Balaban J connectivity index is 1.40. The van der Waals surface area contributed by atoms with Gasteiger partial charge in [-0.15, -0.1) is 0 Å². The van der Waals surface area contributed by atoms with Gasteiger partial charge in [-0.1, -0.05) is 61.9 Å². The van der Waals surface area contributed by atoms with Crippen LogP contribution in [0.2, 0.25) is 0 Å². The van der Waals surface area contributed by atoms with Crippen LogP contribution >= 0.6 is 12.1 Å². The van der Waals surface area contributed by atoms with E-state index in [9.17, 15) is 8.42 Å². The summed E-state index contributed by atoms with van der Waals surface area (Å²) < 4.78 is 36.8. The molecule has 0 spiro atoms. The minimum atomic E-state index is -3.79. The number of fused-ring (bicyclic) bond motifs is 2. The van der Waals surface area contributed by atoms with Crippen molar-refractivity contribution < 1.29 is 8.42 Å². The Labute approximate surface area is 235 Å². The van der Waals surface area contributed by atoms with Crippen LogP contribution in [0.15, 0.2) is 71.6 Å². The molecule has 5 N–H and O–H groups in total. The van der Waals surface area contributed by atoms with Crippen LogP contribution in [0.1, 0.15) is 50.5 Å². The third kappa shape index (κ3) is 5.64. The van der Waals surface area contributed by atoms with Crippen LogP contribution in [-0.4, -0.2) is 26.8 Å². The quantitative estimate of drug-likeness (QED) is 0.217. The number of sulfonamides is 1. The van der Waals surface area contributed by atoms with Crippen molar-refractivity contribution >= 4 is 50.6 Å². The first-order valence-electron chi connectivity index (χ1n) is 13.8. The van der Waals surface area contributed by atoms with E-state index < -0.39 is 16.2 Å². The van der Waals surface area contributed by atoms with Crippen LogP contribution in [0, 0.1) is 6.92 Å². The molecule has 0 amide bonds. The molecule has 0 saturated heterocycles. The number of hydrogen-bond acceptors (Lipinski definition) is 8. The van der Waals surface area contributed by atoms with Crippen LogP contribution in [0.5, 0.6) is 0 Å². The zero-order valence-electron chi connectivity index (χ0n) is 22.1. The van der Waals surface area contributed by atoms with E-state index in [1.165, 1.54) is 44.2 Å². The minimum Gasteiger partial charge on any atom is -0.364 e. The Morgan fingerprint density at radius 1 is 0.846 bits per heavy atom. The number of nitrogens with zero attached hydrogens (tertiary/aromatic N) is 1. The van der Waals surface area contributed by atoms with Gasteiger partial charge in [-0.25, -0.2) is 8.42 Å². The first-order valence-corrected chi connectivity index (χ1v) is 16.1. The molecule has 8 nitrogen and oxygen atoms in total. The van der Waals surface area contributed by atoms with Crippen molar-refractivity contribution in [3.8, 4) is 0 Å². The molecule has 2 atom stereocenters. The van der Waals surface area contributed by atoms with Gasteiger partial charge < -0.3 is 25.0 Å². The molecule has 10 heteroatoms. The molecule has 0 aromatic heterocycles. The topological polar surface area (TPSA) is 97.5 Å². The lowest BCUT2D eigenvalue weighted by molar-refractivity contribution is 0.385. The molecule has 0 radical (unpaired) electrons. The van der Waals surface area contributed by atoms with Crippen LogP contribution in [0.3, 0.4) is 0 Å². The maximum atomic E-state index is 13.6. The molecular weight excluding hydrogens is 528 g/mol. The highest BCUT2D eigenvalue weighted by Crippen LogP contribution is 2.40. The third-order valence-corrected chi connectivity index (χ3v) is 9.95. The highest BCUT2D eigenvalue weighted by Gasteiger charge is 2.40. The highest BCUT2D eigenvalue weighted by atomic mass is 32.2. The number of aryl methyl sites for hydroxylation is 1. The van der Waals surface area contributed by atoms with E-state index in [4.69, 9.17) is 0 Å². The van der Waals surface area contributed by atoms with Crippen LogP contribution in [0.4, 0.5) is 28.4 Å². The third-order valence-electron chi connectivity index (χ3n) is 7.85. The van der Waals surface area contributed by atoms with E-state index in [-0.39, 0.29) is 11.1 Å². The molecule has 206 valence electrons. The van der Waals surface area contributed by atoms with Gasteiger partial charge in [-0.3, -0.25) is 0 Å². The monoisotopic (exact) mass is 564 g/mol. The predicted octanol–water partition coefficient (Wildman–Crippen LogP) is 6.48. The van der Waals surface area contributed by atoms with Crippen LogP contribution in [-0.2, 0) is 10.0 Å². The Kier molecular flexibility index (Phi) is 7.51. The molecule has 2 heterocycles. The van der Waals surface area contributed by atoms with Crippen molar-refractivity contribution in [1.82, 2.24) is 4.72 Å². The van der Waals surface area contributed by atoms with Crippen LogP contribution < -0.4 is 29.7 Å². The van der Waals surface area contributed by atoms with Crippen LogP contribution in [0.25, 0.3) is 0 Å². The Morgan fingerprint density at radius 3 is 2.36 bits per heavy atom. The van der Waals surface area contributed by atoms with Gasteiger partial charge in [0.15, 0.2) is 0 Å². The van der Waals surface area contributed by atoms with Crippen molar-refractivity contribution in [2.45, 2.75) is 75.1 Å². The van der Waals surface area contributed by atoms with Crippen molar-refractivity contribution in [1.29, 1.82) is 0 Å². The van der Waals surface area contributed by atoms with Gasteiger partial charge in [0.2, 0.25) is 10.0 Å². The van der Waals surface area contributed by atoms with Gasteiger partial charge in [-0.2, -0.15) is 4.72 Å². The molecule has 3 aromatic carbocycles. The fourth-order valence-corrected chi connectivity index (χ4v) is 7.60. The second-order valence-electron chi connectivity index (χ2n) is 10.6. The largest absolute Gasteiger partial charge is 0.364 e. The summed E-state index contributed by atoms with van der Waals surface area (Å²) in [5, 5.41) is 7.26. The molecule has 0 bridgehead atoms. The maximum absolute atomic E-state index is 13.6. The first kappa shape index (κ1) is 26.2. The van der Waals surface area contributed by atoms with E-state index in [1.54, 1.807) is 12.1 Å². The molecule has 2 unspecified atom stereocenters. The van der Waals surface area contributed by atoms with Gasteiger partial charge in [0.05, 0.1) is 39.8 Å². The van der Waals surface area contributed by atoms with E-state index in [2.05, 4.69) is 47.9 Å². The highest BCUT2D eigenvalue weighted by molar-refractivity contribution is 8.02. The van der Waals surface area contributed by atoms with Crippen molar-refractivity contribution in [3.05, 3.63) is 72.3 Å². The Morgan fingerprint density at radius 2 is 1.56 bits per heavy atom. The maximum Gasteiger partial charge on any atom is 0.242 e. The summed E-state index contributed by atoms with van der Waals surface area (Å²) in [6.45, 7) is 1.95. The second kappa shape index (κ2) is 11.2. The Hall–Kier alpha value is -3.08. The Bertz CT molecular complexity index is 1410. The summed E-state index contributed by atoms with van der Waals surface area (Å²) in [7, 11) is -3.79. The first-order chi connectivity index (χ1) is 19.0. The molecule has 1 aliphatic carbocycles. The summed E-state index contributed by atoms with van der Waals surface area (Å²) in [5.41, 5.74) is 6.02. The van der Waals surface area contributed by atoms with E-state index in [1.807, 2.05) is 43.3 Å². The smallest absolute Gasteiger partial charge is 0.242 e. The lowest BCUT2D eigenvalue weighted by Gasteiger charge is -2.49. The average molecular weight is 565 g/mol. The van der Waals surface area contributed by atoms with E-state index in [0.29, 0.717) is 6.04 Å². The molecule has 3 aromatic rings. The summed E-state index contributed by atoms with van der Waals surface area (Å²) in [6.07, 6.45) is 7.32. The number of nitrogens with one attached hydrogen (secondary N) is 5. The fraction of sp³-hybridized carbons (Fsp3) is 0.379. The standard InChI is InChI=1S/C29H36N6O2S2/c1-20-13-16-23(17-14-20)39(36,37)34-28-29(30-21-15-18-24-26(19-21)33-38-32-24)35(22-9-5-3-2-4-6-10-22)27-12-8-7-11-25(27)31-28/h7-8,11-19,22,28-34H,2-6,9-10H2,1H3. The molecule has 3 aliphatic rings. The lowest BCUT2D eigenvalue weighted by Crippen LogP contribution is -2.64. The van der Waals surface area contributed by atoms with Gasteiger partial charge in [0.25, 0.3) is 0 Å². The number of anilines is 5. The summed E-state index contributed by atoms with van der Waals surface area (Å²) in [6, 6.07) is 21.7. The zero-order valence-corrected chi connectivity index (χ0v) is 23.7. The lowest BCUT2D eigenvalue weighted by atomic mass is 9.93. The van der Waals surface area contributed by atoms with E-state index >= 15 is 0 Å². The zero-order chi connectivity index (χ0) is 26.8. The number of benzene rings is 3. The summed E-state index contributed by atoms with van der Waals surface area (Å²) >= 11 is 1.44. The number of hydrogen-bond donors (Lipinski definition) is 5. The normalized spacial score (nSPS) is 21.4.